The SMILES string of the molecule is CC(C)(C)OCCN(CCCCc1ccc2c(n1)NCCC2)CCC(NC(=O)C1(c2ccccc2)CCOCC1)C(=O)O. The summed E-state index contributed by atoms with van der Waals surface area (Å²) in [6.45, 7) is 10.7. The summed E-state index contributed by atoms with van der Waals surface area (Å²) >= 11 is 0. The Morgan fingerprint density at radius 2 is 1.86 bits per heavy atom. The van der Waals surface area contributed by atoms with E-state index in [4.69, 9.17) is 14.5 Å². The first-order chi connectivity index (χ1) is 20.7. The second kappa shape index (κ2) is 15.6. The summed E-state index contributed by atoms with van der Waals surface area (Å²) < 4.78 is 11.6. The minimum atomic E-state index is -1.01. The topological polar surface area (TPSA) is 113 Å². The Kier molecular flexibility index (Phi) is 12.0. The Morgan fingerprint density at radius 3 is 2.58 bits per heavy atom. The monoisotopic (exact) mass is 594 g/mol. The molecule has 1 aromatic carbocycles. The number of unbranched alkanes of at least 4 members (excludes halogenated alkanes) is 1. The Hall–Kier alpha value is -3.01. The molecule has 0 bridgehead atoms. The molecule has 3 heterocycles. The summed E-state index contributed by atoms with van der Waals surface area (Å²) in [5.41, 5.74) is 2.28. The van der Waals surface area contributed by atoms with E-state index in [1.54, 1.807) is 0 Å². The highest BCUT2D eigenvalue weighted by atomic mass is 16.5. The van der Waals surface area contributed by atoms with E-state index in [1.165, 1.54) is 5.56 Å². The van der Waals surface area contributed by atoms with Gasteiger partial charge in [-0.1, -0.05) is 36.4 Å². The number of aliphatic carboxylic acids is 1. The lowest BCUT2D eigenvalue weighted by Gasteiger charge is -2.37. The number of carbonyl (C=O) groups is 2. The van der Waals surface area contributed by atoms with Crippen LogP contribution >= 0.6 is 0 Å². The molecule has 1 unspecified atom stereocenters. The number of hydrogen-bond acceptors (Lipinski definition) is 7. The highest BCUT2D eigenvalue weighted by molar-refractivity contribution is 5.91. The van der Waals surface area contributed by atoms with Crippen molar-refractivity contribution in [2.75, 3.05) is 51.3 Å². The van der Waals surface area contributed by atoms with Crippen LogP contribution in [0.15, 0.2) is 42.5 Å². The van der Waals surface area contributed by atoms with Gasteiger partial charge in [-0.15, -0.1) is 0 Å². The number of amides is 1. The summed E-state index contributed by atoms with van der Waals surface area (Å²) in [6, 6.07) is 13.0. The summed E-state index contributed by atoms with van der Waals surface area (Å²) in [5, 5.41) is 16.4. The van der Waals surface area contributed by atoms with Crippen molar-refractivity contribution in [3.63, 3.8) is 0 Å². The van der Waals surface area contributed by atoms with Crippen LogP contribution in [0.3, 0.4) is 0 Å². The van der Waals surface area contributed by atoms with E-state index >= 15 is 0 Å². The molecule has 1 amide bonds. The summed E-state index contributed by atoms with van der Waals surface area (Å²) in [7, 11) is 0. The molecule has 0 saturated carbocycles. The number of pyridine rings is 1. The van der Waals surface area contributed by atoms with E-state index in [2.05, 4.69) is 27.7 Å². The number of carboxylic acids is 1. The smallest absolute Gasteiger partial charge is 0.326 e. The molecule has 0 aliphatic carbocycles. The van der Waals surface area contributed by atoms with Gasteiger partial charge in [0.15, 0.2) is 0 Å². The van der Waals surface area contributed by atoms with Crippen LogP contribution in [0.25, 0.3) is 0 Å². The molecule has 9 heteroatoms. The van der Waals surface area contributed by atoms with Crippen molar-refractivity contribution in [3.05, 3.63) is 59.3 Å². The van der Waals surface area contributed by atoms with Crippen LogP contribution < -0.4 is 10.6 Å². The second-order valence-electron chi connectivity index (χ2n) is 12.8. The molecule has 2 aliphatic heterocycles. The van der Waals surface area contributed by atoms with Crippen molar-refractivity contribution in [2.45, 2.75) is 89.2 Å². The predicted octanol–water partition coefficient (Wildman–Crippen LogP) is 4.59. The molecular formula is C34H50N4O5. The van der Waals surface area contributed by atoms with E-state index in [9.17, 15) is 14.7 Å². The van der Waals surface area contributed by atoms with Gasteiger partial charge in [-0.25, -0.2) is 9.78 Å². The first kappa shape index (κ1) is 32.9. The molecule has 236 valence electrons. The Bertz CT molecular complexity index is 1180. The zero-order valence-corrected chi connectivity index (χ0v) is 26.2. The third kappa shape index (κ3) is 9.74. The number of hydrogen-bond donors (Lipinski definition) is 3. The molecule has 2 aromatic rings. The number of aromatic nitrogens is 1. The Morgan fingerprint density at radius 1 is 1.09 bits per heavy atom. The fourth-order valence-corrected chi connectivity index (χ4v) is 5.96. The normalized spacial score (nSPS) is 17.1. The lowest BCUT2D eigenvalue weighted by Crippen LogP contribution is -2.53. The zero-order chi connectivity index (χ0) is 30.7. The third-order valence-electron chi connectivity index (χ3n) is 8.50. The van der Waals surface area contributed by atoms with Crippen molar-refractivity contribution in [2.24, 2.45) is 0 Å². The van der Waals surface area contributed by atoms with Crippen molar-refractivity contribution < 1.29 is 24.2 Å². The lowest BCUT2D eigenvalue weighted by atomic mass is 9.73. The Balaban J connectivity index is 1.34. The highest BCUT2D eigenvalue weighted by Crippen LogP contribution is 2.35. The van der Waals surface area contributed by atoms with Crippen molar-refractivity contribution in [1.29, 1.82) is 0 Å². The summed E-state index contributed by atoms with van der Waals surface area (Å²) in [5.74, 6) is -0.216. The van der Waals surface area contributed by atoms with Crippen molar-refractivity contribution in [1.82, 2.24) is 15.2 Å². The summed E-state index contributed by atoms with van der Waals surface area (Å²) in [4.78, 5) is 33.1. The number of rotatable bonds is 15. The molecule has 0 spiro atoms. The van der Waals surface area contributed by atoms with E-state index in [0.29, 0.717) is 52.2 Å². The third-order valence-corrected chi connectivity index (χ3v) is 8.50. The van der Waals surface area contributed by atoms with Gasteiger partial charge in [-0.05, 0) is 95.9 Å². The predicted molar refractivity (Wildman–Crippen MR) is 168 cm³/mol. The van der Waals surface area contributed by atoms with E-state index in [1.807, 2.05) is 51.1 Å². The molecule has 9 nitrogen and oxygen atoms in total. The van der Waals surface area contributed by atoms with Crippen LogP contribution in [0.5, 0.6) is 0 Å². The molecule has 1 aromatic heterocycles. The van der Waals surface area contributed by atoms with Crippen molar-refractivity contribution in [3.8, 4) is 0 Å². The average molecular weight is 595 g/mol. The number of ether oxygens (including phenoxy) is 2. The van der Waals surface area contributed by atoms with E-state index < -0.39 is 17.4 Å². The molecule has 1 atom stereocenters. The van der Waals surface area contributed by atoms with E-state index in [0.717, 1.165) is 62.3 Å². The second-order valence-corrected chi connectivity index (χ2v) is 12.8. The zero-order valence-electron chi connectivity index (χ0n) is 26.2. The number of fused-ring (bicyclic) bond motifs is 1. The molecular weight excluding hydrogens is 544 g/mol. The van der Waals surface area contributed by atoms with Gasteiger partial charge < -0.3 is 30.1 Å². The number of carboxylic acid groups (broad SMARTS) is 1. The molecule has 1 saturated heterocycles. The van der Waals surface area contributed by atoms with Crippen LogP contribution in [-0.2, 0) is 37.3 Å². The van der Waals surface area contributed by atoms with Crippen molar-refractivity contribution >= 4 is 17.7 Å². The van der Waals surface area contributed by atoms with Gasteiger partial charge in [0.1, 0.15) is 11.9 Å². The van der Waals surface area contributed by atoms with Crippen LogP contribution in [0.4, 0.5) is 5.82 Å². The number of benzene rings is 1. The molecule has 0 radical (unpaired) electrons. The maximum atomic E-state index is 13.7. The maximum absolute atomic E-state index is 13.7. The fourth-order valence-electron chi connectivity index (χ4n) is 5.96. The molecule has 3 N–H and O–H groups in total. The van der Waals surface area contributed by atoms with Gasteiger partial charge in [0.05, 0.1) is 17.6 Å². The number of carbonyl (C=O) groups excluding carboxylic acids is 1. The minimum Gasteiger partial charge on any atom is -0.480 e. The van der Waals surface area contributed by atoms with Crippen LogP contribution in [0, 0.1) is 0 Å². The number of nitrogens with one attached hydrogen (secondary N) is 2. The minimum absolute atomic E-state index is 0.232. The van der Waals surface area contributed by atoms with E-state index in [-0.39, 0.29) is 11.5 Å². The lowest BCUT2D eigenvalue weighted by molar-refractivity contribution is -0.144. The fraction of sp³-hybridized carbons (Fsp3) is 0.618. The number of aryl methyl sites for hydroxylation is 2. The number of anilines is 1. The summed E-state index contributed by atoms with van der Waals surface area (Å²) in [6.07, 6.45) is 6.46. The first-order valence-corrected chi connectivity index (χ1v) is 15.9. The first-order valence-electron chi connectivity index (χ1n) is 15.9. The standard InChI is InChI=1S/C34H50N4O5/c1-33(2,3)43-25-22-38(20-8-7-13-28-15-14-26-10-9-19-35-30(26)36-28)21-16-29(31(39)40)37-32(41)34(17-23-42-24-18-34)27-11-5-4-6-12-27/h4-6,11-12,14-15,29H,7-10,13,16-25H2,1-3H3,(H,35,36)(H,37,41)(H,39,40). The van der Waals surface area contributed by atoms with Gasteiger partial charge in [0, 0.05) is 38.5 Å². The van der Waals surface area contributed by atoms with Gasteiger partial charge >= 0.3 is 5.97 Å². The molecule has 43 heavy (non-hydrogen) atoms. The van der Waals surface area contributed by atoms with Gasteiger partial charge in [-0.2, -0.15) is 0 Å². The van der Waals surface area contributed by atoms with Crippen LogP contribution in [-0.4, -0.2) is 84.5 Å². The molecule has 4 rings (SSSR count). The average Bonchev–Trinajstić information content (AvgIpc) is 3.00. The number of nitrogens with zero attached hydrogens (tertiary/aromatic N) is 2. The van der Waals surface area contributed by atoms with Gasteiger partial charge in [0.2, 0.25) is 5.91 Å². The van der Waals surface area contributed by atoms with Crippen LogP contribution in [0.2, 0.25) is 0 Å². The molecule has 1 fully saturated rings. The molecule has 2 aliphatic rings. The Labute approximate surface area is 256 Å². The van der Waals surface area contributed by atoms with Gasteiger partial charge in [0.25, 0.3) is 0 Å². The maximum Gasteiger partial charge on any atom is 0.326 e. The highest BCUT2D eigenvalue weighted by Gasteiger charge is 2.43. The van der Waals surface area contributed by atoms with Gasteiger partial charge in [-0.3, -0.25) is 4.79 Å². The largest absolute Gasteiger partial charge is 0.480 e. The van der Waals surface area contributed by atoms with Crippen LogP contribution in [0.1, 0.15) is 76.1 Å². The quantitative estimate of drug-likeness (QED) is 0.257.